The Morgan fingerprint density at radius 2 is 1.70 bits per heavy atom. The molecule has 1 atom stereocenters. The van der Waals surface area contributed by atoms with Gasteiger partial charge >= 0.3 is 12.0 Å². The van der Waals surface area contributed by atoms with Gasteiger partial charge in [-0.1, -0.05) is 38.5 Å². The molecule has 0 heterocycles. The van der Waals surface area contributed by atoms with Crippen LogP contribution < -0.4 is 25.2 Å². The lowest BCUT2D eigenvalue weighted by molar-refractivity contribution is -0.120. The van der Waals surface area contributed by atoms with Gasteiger partial charge in [0.05, 0.1) is 23.5 Å². The third kappa shape index (κ3) is 9.25. The van der Waals surface area contributed by atoms with E-state index in [9.17, 15) is 28.0 Å². The second-order valence-corrected chi connectivity index (χ2v) is 9.85. The first kappa shape index (κ1) is 32.5. The molecule has 4 amide bonds. The van der Waals surface area contributed by atoms with Crippen molar-refractivity contribution in [3.63, 3.8) is 0 Å². The lowest BCUT2D eigenvalue weighted by atomic mass is 10.0. The predicted molar refractivity (Wildman–Crippen MR) is 159 cm³/mol. The molecule has 3 rings (SSSR count). The number of nitrogens with zero attached hydrogens (tertiary/aromatic N) is 2. The number of carbonyl (C=O) groups excluding carboxylic acids is 3. The number of likely N-dealkylation sites (N-methyl/N-ethyl adjacent to an activating group) is 1. The second kappa shape index (κ2) is 15.3. The van der Waals surface area contributed by atoms with Crippen molar-refractivity contribution in [1.29, 1.82) is 0 Å². The van der Waals surface area contributed by atoms with Crippen LogP contribution in [0.15, 0.2) is 66.7 Å². The van der Waals surface area contributed by atoms with Crippen molar-refractivity contribution in [2.75, 3.05) is 41.9 Å². The van der Waals surface area contributed by atoms with Gasteiger partial charge in [0.15, 0.2) is 6.61 Å². The number of hydrogen-bond acceptors (Lipinski definition) is 5. The number of para-hydroxylation sites is 2. The van der Waals surface area contributed by atoms with Crippen LogP contribution in [0.4, 0.5) is 30.6 Å². The number of benzene rings is 3. The maximum Gasteiger partial charge on any atom is 0.335 e. The van der Waals surface area contributed by atoms with Crippen LogP contribution in [-0.4, -0.2) is 55.7 Å². The fraction of sp³-hybridized carbons (Fsp3) is 0.290. The van der Waals surface area contributed by atoms with Gasteiger partial charge in [-0.2, -0.15) is 0 Å². The van der Waals surface area contributed by atoms with E-state index >= 15 is 0 Å². The zero-order chi connectivity index (χ0) is 31.5. The second-order valence-electron chi connectivity index (χ2n) is 9.85. The summed E-state index contributed by atoms with van der Waals surface area (Å²) in [6, 6.07) is 14.3. The summed E-state index contributed by atoms with van der Waals surface area (Å²) < 4.78 is 33.6. The number of carboxylic acids is 1. The van der Waals surface area contributed by atoms with E-state index in [-0.39, 0.29) is 35.2 Å². The molecule has 228 valence electrons. The van der Waals surface area contributed by atoms with Gasteiger partial charge in [-0.25, -0.2) is 18.4 Å². The third-order valence-corrected chi connectivity index (χ3v) is 6.76. The Labute approximate surface area is 248 Å². The Bertz CT molecular complexity index is 1470. The van der Waals surface area contributed by atoms with E-state index in [2.05, 4.69) is 10.6 Å². The van der Waals surface area contributed by atoms with Crippen LogP contribution in [0.25, 0.3) is 0 Å². The Kier molecular flexibility index (Phi) is 11.6. The molecule has 0 saturated carbocycles. The van der Waals surface area contributed by atoms with Crippen molar-refractivity contribution < 1.29 is 37.8 Å². The molecule has 3 aromatic carbocycles. The van der Waals surface area contributed by atoms with E-state index in [1.807, 2.05) is 13.8 Å². The van der Waals surface area contributed by atoms with Crippen LogP contribution in [0.1, 0.15) is 37.0 Å². The van der Waals surface area contributed by atoms with Crippen LogP contribution in [-0.2, 0) is 9.59 Å². The largest absolute Gasteiger partial charge is 0.482 e. The minimum absolute atomic E-state index is 0.00700. The molecule has 1 unspecified atom stereocenters. The standard InChI is InChI=1S/C31H34F2N4O6/c1-4-20(2)14-15-37(28(38)18-34-31(42)35-23-9-7-8-21(16-23)30(40)41)25-10-5-6-11-27(25)43-19-29(39)36(3)26-17-22(32)12-13-24(26)33/h5-13,16-17,20H,4,14-15,18-19H2,1-3H3,(H,40,41)(H2,34,35,42). The number of hydrogen-bond donors (Lipinski definition) is 3. The summed E-state index contributed by atoms with van der Waals surface area (Å²) in [6.45, 7) is 3.46. The lowest BCUT2D eigenvalue weighted by Gasteiger charge is -2.27. The quantitative estimate of drug-likeness (QED) is 0.246. The zero-order valence-corrected chi connectivity index (χ0v) is 24.1. The van der Waals surface area contributed by atoms with Crippen LogP contribution in [0, 0.1) is 17.6 Å². The molecule has 0 fully saturated rings. The van der Waals surface area contributed by atoms with Gasteiger partial charge in [-0.05, 0) is 54.8 Å². The zero-order valence-electron chi connectivity index (χ0n) is 24.1. The number of halogens is 2. The summed E-state index contributed by atoms with van der Waals surface area (Å²) in [4.78, 5) is 52.2. The number of anilines is 3. The minimum Gasteiger partial charge on any atom is -0.482 e. The Morgan fingerprint density at radius 1 is 0.953 bits per heavy atom. The first-order chi connectivity index (χ1) is 20.5. The van der Waals surface area contributed by atoms with E-state index in [1.165, 1.54) is 36.2 Å². The smallest absolute Gasteiger partial charge is 0.335 e. The average molecular weight is 597 g/mol. The number of amides is 4. The summed E-state index contributed by atoms with van der Waals surface area (Å²) in [5.41, 5.74) is 0.350. The number of nitrogens with one attached hydrogen (secondary N) is 2. The van der Waals surface area contributed by atoms with Crippen molar-refractivity contribution >= 4 is 40.9 Å². The van der Waals surface area contributed by atoms with Gasteiger partial charge in [0.1, 0.15) is 17.4 Å². The van der Waals surface area contributed by atoms with E-state index < -0.39 is 42.1 Å². The molecule has 43 heavy (non-hydrogen) atoms. The minimum atomic E-state index is -1.15. The number of urea groups is 1. The molecule has 0 aliphatic carbocycles. The Balaban J connectivity index is 1.73. The SMILES string of the molecule is CCC(C)CCN(C(=O)CNC(=O)Nc1cccc(C(=O)O)c1)c1ccccc1OCC(=O)N(C)c1cc(F)ccc1F. The molecule has 12 heteroatoms. The molecule has 3 aromatic rings. The normalized spacial score (nSPS) is 11.3. The van der Waals surface area contributed by atoms with Crippen molar-refractivity contribution in [1.82, 2.24) is 5.32 Å². The van der Waals surface area contributed by atoms with E-state index in [0.717, 1.165) is 29.5 Å². The Hall–Kier alpha value is -5.00. The van der Waals surface area contributed by atoms with Crippen LogP contribution >= 0.6 is 0 Å². The predicted octanol–water partition coefficient (Wildman–Crippen LogP) is 5.30. The van der Waals surface area contributed by atoms with Crippen LogP contribution in [0.5, 0.6) is 5.75 Å². The molecule has 0 spiro atoms. The highest BCUT2D eigenvalue weighted by Crippen LogP contribution is 2.29. The molecule has 0 bridgehead atoms. The first-order valence-corrected chi connectivity index (χ1v) is 13.6. The summed E-state index contributed by atoms with van der Waals surface area (Å²) in [5.74, 6) is -3.24. The molecular formula is C31H34F2N4O6. The van der Waals surface area contributed by atoms with Gasteiger partial charge in [0.25, 0.3) is 5.91 Å². The third-order valence-electron chi connectivity index (χ3n) is 6.76. The summed E-state index contributed by atoms with van der Waals surface area (Å²) in [6.07, 6.45) is 1.53. The summed E-state index contributed by atoms with van der Waals surface area (Å²) in [5, 5.41) is 14.1. The molecule has 10 nitrogen and oxygen atoms in total. The van der Waals surface area contributed by atoms with Crippen LogP contribution in [0.2, 0.25) is 0 Å². The highest BCUT2D eigenvalue weighted by atomic mass is 19.1. The van der Waals surface area contributed by atoms with Crippen molar-refractivity contribution in [3.8, 4) is 5.75 Å². The molecule has 0 aliphatic heterocycles. The van der Waals surface area contributed by atoms with Gasteiger partial charge in [0, 0.05) is 25.3 Å². The highest BCUT2D eigenvalue weighted by molar-refractivity contribution is 6.00. The van der Waals surface area contributed by atoms with E-state index in [1.54, 1.807) is 24.3 Å². The maximum atomic E-state index is 14.2. The van der Waals surface area contributed by atoms with Gasteiger partial charge < -0.3 is 30.3 Å². The molecule has 0 aromatic heterocycles. The molecule has 0 aliphatic rings. The molecule has 0 saturated heterocycles. The van der Waals surface area contributed by atoms with Crippen molar-refractivity contribution in [2.45, 2.75) is 26.7 Å². The summed E-state index contributed by atoms with van der Waals surface area (Å²) >= 11 is 0. The van der Waals surface area contributed by atoms with Crippen molar-refractivity contribution in [2.24, 2.45) is 5.92 Å². The fourth-order valence-corrected chi connectivity index (χ4v) is 4.01. The average Bonchev–Trinajstić information content (AvgIpc) is 3.00. The fourth-order valence-electron chi connectivity index (χ4n) is 4.01. The van der Waals surface area contributed by atoms with Crippen molar-refractivity contribution in [3.05, 3.63) is 83.9 Å². The number of ether oxygens (including phenoxy) is 1. The first-order valence-electron chi connectivity index (χ1n) is 13.6. The topological polar surface area (TPSA) is 128 Å². The molecular weight excluding hydrogens is 562 g/mol. The van der Waals surface area contributed by atoms with Gasteiger partial charge in [-0.3, -0.25) is 9.59 Å². The molecule has 3 N–H and O–H groups in total. The number of carboxylic acid groups (broad SMARTS) is 1. The van der Waals surface area contributed by atoms with Gasteiger partial charge in [-0.15, -0.1) is 0 Å². The number of rotatable bonds is 13. The highest BCUT2D eigenvalue weighted by Gasteiger charge is 2.22. The van der Waals surface area contributed by atoms with E-state index in [4.69, 9.17) is 9.84 Å². The maximum absolute atomic E-state index is 14.2. The van der Waals surface area contributed by atoms with Crippen LogP contribution in [0.3, 0.4) is 0 Å². The summed E-state index contributed by atoms with van der Waals surface area (Å²) in [7, 11) is 1.30. The number of carbonyl (C=O) groups is 4. The molecule has 0 radical (unpaired) electrons. The monoisotopic (exact) mass is 596 g/mol. The number of aromatic carboxylic acids is 1. The lowest BCUT2D eigenvalue weighted by Crippen LogP contribution is -2.42. The Morgan fingerprint density at radius 3 is 2.42 bits per heavy atom. The van der Waals surface area contributed by atoms with Gasteiger partial charge in [0.2, 0.25) is 5.91 Å². The van der Waals surface area contributed by atoms with E-state index in [0.29, 0.717) is 18.7 Å².